The molecule has 0 spiro atoms. The molecule has 12 nitrogen and oxygen atoms in total. The van der Waals surface area contributed by atoms with Gasteiger partial charge in [0.25, 0.3) is 0 Å². The molecular formula is C42H26Br3N11O. The van der Waals surface area contributed by atoms with Gasteiger partial charge >= 0.3 is 6.03 Å². The number of benzene rings is 5. The minimum Gasteiger partial charge on any atom is -0.350 e. The highest BCUT2D eigenvalue weighted by Crippen LogP contribution is 2.36. The summed E-state index contributed by atoms with van der Waals surface area (Å²) in [7, 11) is 0. The third kappa shape index (κ3) is 8.87. The number of nitrogens with one attached hydrogen (secondary N) is 2. The Morgan fingerprint density at radius 2 is 1.11 bits per heavy atom. The molecule has 5 aromatic carbocycles. The molecule has 7 aromatic rings. The minimum atomic E-state index is -0.870. The molecule has 0 aliphatic rings. The second kappa shape index (κ2) is 17.3. The fourth-order valence-electron chi connectivity index (χ4n) is 5.66. The molecule has 276 valence electrons. The Hall–Kier alpha value is -6.78. The first-order valence-corrected chi connectivity index (χ1v) is 19.3. The maximum Gasteiger partial charge on any atom is 0.340 e. The third-order valence-corrected chi connectivity index (χ3v) is 10.2. The number of amides is 2. The molecule has 2 amide bonds. The van der Waals surface area contributed by atoms with Crippen molar-refractivity contribution >= 4 is 88.5 Å². The van der Waals surface area contributed by atoms with E-state index in [0.717, 1.165) is 25.1 Å². The minimum absolute atomic E-state index is 0.140. The van der Waals surface area contributed by atoms with Crippen molar-refractivity contribution < 1.29 is 4.79 Å². The summed E-state index contributed by atoms with van der Waals surface area (Å²) in [5.41, 5.74) is 12.0. The molecule has 0 radical (unpaired) electrons. The fraction of sp³-hybridized carbons (Fsp3) is 0. The second-order valence-corrected chi connectivity index (χ2v) is 14.7. The molecule has 4 N–H and O–H groups in total. The van der Waals surface area contributed by atoms with Gasteiger partial charge in [-0.25, -0.2) is 24.7 Å². The summed E-state index contributed by atoms with van der Waals surface area (Å²) in [4.78, 5) is 32.9. The summed E-state index contributed by atoms with van der Waals surface area (Å²) in [6.45, 7) is 0. The molecule has 0 aliphatic carbocycles. The molecule has 0 saturated heterocycles. The van der Waals surface area contributed by atoms with Crippen molar-refractivity contribution in [1.29, 1.82) is 10.5 Å². The Bertz CT molecular complexity index is 2590. The number of nitrogens with zero attached hydrogens (tertiary/aromatic N) is 8. The number of urea groups is 1. The van der Waals surface area contributed by atoms with Gasteiger partial charge in [0.05, 0.1) is 29.0 Å². The van der Waals surface area contributed by atoms with E-state index in [0.29, 0.717) is 43.8 Å². The molecule has 0 fully saturated rings. The molecule has 0 bridgehead atoms. The lowest BCUT2D eigenvalue weighted by Gasteiger charge is -2.21. The SMILES string of the molecule is N#Cc1ccc(Nc2ncc(-c3ccccc3Br)c(C(=NN(C(N)=O)c3cccc(Br)c3)c3nc(Nc4ccc(C#N)cc4)ncc3-c3ccccc3Br)n2)cc1. The van der Waals surface area contributed by atoms with E-state index in [1.54, 1.807) is 79.1 Å². The number of nitriles is 2. The maximum atomic E-state index is 13.4. The monoisotopic (exact) mass is 937 g/mol. The molecule has 0 saturated carbocycles. The summed E-state index contributed by atoms with van der Waals surface area (Å²) in [5, 5.41) is 31.3. The van der Waals surface area contributed by atoms with Crippen LogP contribution in [-0.2, 0) is 0 Å². The summed E-state index contributed by atoms with van der Waals surface area (Å²) in [5.74, 6) is 0.387. The van der Waals surface area contributed by atoms with Gasteiger partial charge < -0.3 is 16.4 Å². The Morgan fingerprint density at radius 1 is 0.632 bits per heavy atom. The number of rotatable bonds is 10. The average Bonchev–Trinajstić information content (AvgIpc) is 3.22. The van der Waals surface area contributed by atoms with Gasteiger partial charge in [-0.05, 0) is 90.0 Å². The van der Waals surface area contributed by atoms with Crippen LogP contribution in [0.2, 0.25) is 0 Å². The van der Waals surface area contributed by atoms with Crippen molar-refractivity contribution in [2.75, 3.05) is 15.6 Å². The standard InChI is InChI=1S/C42H26Br3N11O/c43-27-6-5-7-30(20-27)56(40(48)57)55-39(37-33(31-8-1-3-10-35(31)44)23-49-41(53-37)51-28-16-12-25(21-46)13-17-28)38-34(32-9-2-4-11-36(32)45)24-50-42(54-38)52-29-18-14-26(22-47)15-19-29/h1-20,23-24H,(H2,48,57)(H,49,51,53)(H,50,52,54). The molecule has 7 rings (SSSR count). The predicted octanol–water partition coefficient (Wildman–Crippen LogP) is 10.5. The molecular weight excluding hydrogens is 914 g/mol. The van der Waals surface area contributed by atoms with Gasteiger partial charge in [-0.2, -0.15) is 20.6 Å². The first-order valence-electron chi connectivity index (χ1n) is 16.9. The first kappa shape index (κ1) is 38.5. The third-order valence-electron chi connectivity index (χ3n) is 8.36. The van der Waals surface area contributed by atoms with E-state index >= 15 is 0 Å². The lowest BCUT2D eigenvalue weighted by molar-refractivity contribution is 0.254. The van der Waals surface area contributed by atoms with Crippen molar-refractivity contribution in [2.24, 2.45) is 10.8 Å². The lowest BCUT2D eigenvalue weighted by Crippen LogP contribution is -2.33. The normalized spacial score (nSPS) is 10.5. The van der Waals surface area contributed by atoms with Crippen LogP contribution < -0.4 is 21.4 Å². The highest BCUT2D eigenvalue weighted by atomic mass is 79.9. The summed E-state index contributed by atoms with van der Waals surface area (Å²) >= 11 is 10.9. The van der Waals surface area contributed by atoms with Crippen LogP contribution in [0.1, 0.15) is 22.5 Å². The Labute approximate surface area is 352 Å². The molecule has 0 atom stereocenters. The second-order valence-electron chi connectivity index (χ2n) is 12.1. The van der Waals surface area contributed by atoms with E-state index in [1.807, 2.05) is 54.6 Å². The predicted molar refractivity (Wildman–Crippen MR) is 231 cm³/mol. The van der Waals surface area contributed by atoms with E-state index in [9.17, 15) is 15.3 Å². The Balaban J connectivity index is 1.54. The molecule has 2 aromatic heterocycles. The van der Waals surface area contributed by atoms with Crippen LogP contribution in [0.5, 0.6) is 0 Å². The maximum absolute atomic E-state index is 13.4. The van der Waals surface area contributed by atoms with E-state index in [2.05, 4.69) is 80.5 Å². The van der Waals surface area contributed by atoms with Crippen LogP contribution in [0.25, 0.3) is 22.3 Å². The smallest absolute Gasteiger partial charge is 0.340 e. The largest absolute Gasteiger partial charge is 0.350 e. The van der Waals surface area contributed by atoms with Crippen molar-refractivity contribution in [3.63, 3.8) is 0 Å². The van der Waals surface area contributed by atoms with E-state index in [4.69, 9.17) is 20.8 Å². The average molecular weight is 940 g/mol. The van der Waals surface area contributed by atoms with Crippen molar-refractivity contribution in [3.05, 3.63) is 170 Å². The van der Waals surface area contributed by atoms with Crippen LogP contribution in [0.15, 0.2) is 152 Å². The van der Waals surface area contributed by atoms with Gasteiger partial charge in [-0.15, -0.1) is 0 Å². The van der Waals surface area contributed by atoms with E-state index < -0.39 is 6.03 Å². The molecule has 0 aliphatic heterocycles. The number of aromatic nitrogens is 4. The molecule has 57 heavy (non-hydrogen) atoms. The molecule has 0 unspecified atom stereocenters. The highest BCUT2D eigenvalue weighted by molar-refractivity contribution is 9.11. The van der Waals surface area contributed by atoms with E-state index in [-0.39, 0.29) is 29.0 Å². The van der Waals surface area contributed by atoms with Gasteiger partial charge in [0.15, 0.2) is 0 Å². The number of hydrazone groups is 1. The fourth-order valence-corrected chi connectivity index (χ4v) is 7.05. The van der Waals surface area contributed by atoms with E-state index in [1.165, 1.54) is 0 Å². The zero-order chi connectivity index (χ0) is 39.9. The first-order chi connectivity index (χ1) is 27.7. The Kier molecular flexibility index (Phi) is 11.7. The number of hydrogen-bond acceptors (Lipinski definition) is 10. The van der Waals surface area contributed by atoms with Crippen LogP contribution in [0, 0.1) is 22.7 Å². The van der Waals surface area contributed by atoms with Crippen LogP contribution in [0.3, 0.4) is 0 Å². The van der Waals surface area contributed by atoms with Crippen molar-refractivity contribution in [1.82, 2.24) is 19.9 Å². The number of anilines is 5. The number of halogens is 3. The van der Waals surface area contributed by atoms with Crippen LogP contribution in [-0.4, -0.2) is 31.7 Å². The van der Waals surface area contributed by atoms with Crippen LogP contribution >= 0.6 is 47.8 Å². The zero-order valence-corrected chi connectivity index (χ0v) is 34.2. The quantitative estimate of drug-likeness (QED) is 0.0888. The Morgan fingerprint density at radius 3 is 1.53 bits per heavy atom. The number of carbonyl (C=O) groups is 1. The summed E-state index contributed by atoms with van der Waals surface area (Å²) in [6.07, 6.45) is 3.32. The number of nitrogens with two attached hydrogens (primary N) is 1. The van der Waals surface area contributed by atoms with Gasteiger partial charge in [0.1, 0.15) is 17.1 Å². The number of primary amides is 1. The van der Waals surface area contributed by atoms with Gasteiger partial charge in [-0.3, -0.25) is 0 Å². The van der Waals surface area contributed by atoms with Gasteiger partial charge in [-0.1, -0.05) is 90.3 Å². The zero-order valence-electron chi connectivity index (χ0n) is 29.4. The highest BCUT2D eigenvalue weighted by Gasteiger charge is 2.27. The lowest BCUT2D eigenvalue weighted by atomic mass is 9.97. The number of carbonyl (C=O) groups excluding carboxylic acids is 1. The summed E-state index contributed by atoms with van der Waals surface area (Å²) < 4.78 is 2.19. The van der Waals surface area contributed by atoms with Crippen molar-refractivity contribution in [3.8, 4) is 34.4 Å². The molecule has 15 heteroatoms. The van der Waals surface area contributed by atoms with Crippen LogP contribution in [0.4, 0.5) is 33.8 Å². The number of hydrogen-bond donors (Lipinski definition) is 3. The topological polar surface area (TPSA) is 182 Å². The van der Waals surface area contributed by atoms with Gasteiger partial charge in [0, 0.05) is 48.3 Å². The molecule has 2 heterocycles. The van der Waals surface area contributed by atoms with Crippen molar-refractivity contribution in [2.45, 2.75) is 0 Å². The van der Waals surface area contributed by atoms with Gasteiger partial charge in [0.2, 0.25) is 11.9 Å². The summed E-state index contributed by atoms with van der Waals surface area (Å²) in [6, 6.07) is 39.3.